The van der Waals surface area contributed by atoms with Crippen LogP contribution < -0.4 is 5.32 Å². The number of aromatic nitrogens is 1. The first-order valence-electron chi connectivity index (χ1n) is 7.41. The summed E-state index contributed by atoms with van der Waals surface area (Å²) in [5.41, 5.74) is 4.05. The van der Waals surface area contributed by atoms with E-state index in [1.54, 1.807) is 0 Å². The third-order valence-corrected chi connectivity index (χ3v) is 3.76. The van der Waals surface area contributed by atoms with Crippen LogP contribution >= 0.6 is 0 Å². The number of nitrogens with zero attached hydrogens (tertiary/aromatic N) is 1. The number of aryl methyl sites for hydroxylation is 1. The van der Waals surface area contributed by atoms with E-state index < -0.39 is 0 Å². The standard InChI is InChI=1S/C19H20N2/c1-15-4-2-5-16(12-15)8-10-20-13-17-6-3-7-18-14-21-11-9-19(17)18/h2-7,9,11-12,14,20H,8,10,13H2,1H3. The maximum atomic E-state index is 4.18. The van der Waals surface area contributed by atoms with Crippen LogP contribution in [0.25, 0.3) is 10.8 Å². The number of fused-ring (bicyclic) bond motifs is 1. The highest BCUT2D eigenvalue weighted by Gasteiger charge is 2.00. The first-order chi connectivity index (χ1) is 10.3. The second kappa shape index (κ2) is 6.51. The summed E-state index contributed by atoms with van der Waals surface area (Å²) in [5, 5.41) is 6.03. The van der Waals surface area contributed by atoms with Gasteiger partial charge in [-0.3, -0.25) is 4.98 Å². The lowest BCUT2D eigenvalue weighted by Gasteiger charge is -2.08. The van der Waals surface area contributed by atoms with E-state index in [2.05, 4.69) is 65.8 Å². The Labute approximate surface area is 125 Å². The molecule has 106 valence electrons. The lowest BCUT2D eigenvalue weighted by atomic mass is 10.1. The van der Waals surface area contributed by atoms with Gasteiger partial charge < -0.3 is 5.32 Å². The van der Waals surface area contributed by atoms with Crippen molar-refractivity contribution < 1.29 is 0 Å². The monoisotopic (exact) mass is 276 g/mol. The number of hydrogen-bond donors (Lipinski definition) is 1. The van der Waals surface area contributed by atoms with Crippen LogP contribution in [-0.2, 0) is 13.0 Å². The van der Waals surface area contributed by atoms with Crippen molar-refractivity contribution in [1.82, 2.24) is 10.3 Å². The van der Waals surface area contributed by atoms with Crippen molar-refractivity contribution in [2.24, 2.45) is 0 Å². The Hall–Kier alpha value is -2.19. The molecule has 0 saturated carbocycles. The third-order valence-electron chi connectivity index (χ3n) is 3.76. The summed E-state index contributed by atoms with van der Waals surface area (Å²) in [6.45, 7) is 4.03. The topological polar surface area (TPSA) is 24.9 Å². The van der Waals surface area contributed by atoms with Gasteiger partial charge in [0, 0.05) is 24.3 Å². The molecular formula is C19H20N2. The minimum absolute atomic E-state index is 0.896. The van der Waals surface area contributed by atoms with Crippen LogP contribution in [0, 0.1) is 6.92 Å². The third kappa shape index (κ3) is 3.47. The Balaban J connectivity index is 1.60. The maximum Gasteiger partial charge on any atom is 0.0346 e. The molecule has 0 amide bonds. The number of pyridine rings is 1. The highest BCUT2D eigenvalue weighted by atomic mass is 14.8. The van der Waals surface area contributed by atoms with E-state index in [9.17, 15) is 0 Å². The quantitative estimate of drug-likeness (QED) is 0.715. The van der Waals surface area contributed by atoms with Crippen LogP contribution in [0.3, 0.4) is 0 Å². The average Bonchev–Trinajstić information content (AvgIpc) is 2.52. The van der Waals surface area contributed by atoms with Gasteiger partial charge in [-0.15, -0.1) is 0 Å². The van der Waals surface area contributed by atoms with E-state index >= 15 is 0 Å². The van der Waals surface area contributed by atoms with Gasteiger partial charge in [0.05, 0.1) is 0 Å². The van der Waals surface area contributed by atoms with Crippen molar-refractivity contribution in [3.8, 4) is 0 Å². The summed E-state index contributed by atoms with van der Waals surface area (Å²) in [6.07, 6.45) is 4.85. The lowest BCUT2D eigenvalue weighted by Crippen LogP contribution is -2.16. The van der Waals surface area contributed by atoms with Gasteiger partial charge in [0.25, 0.3) is 0 Å². The molecule has 21 heavy (non-hydrogen) atoms. The molecule has 0 unspecified atom stereocenters. The van der Waals surface area contributed by atoms with Crippen molar-refractivity contribution in [3.63, 3.8) is 0 Å². The first-order valence-corrected chi connectivity index (χ1v) is 7.41. The maximum absolute atomic E-state index is 4.18. The summed E-state index contributed by atoms with van der Waals surface area (Å²) in [7, 11) is 0. The second-order valence-electron chi connectivity index (χ2n) is 5.43. The zero-order chi connectivity index (χ0) is 14.5. The fourth-order valence-electron chi connectivity index (χ4n) is 2.67. The fraction of sp³-hybridized carbons (Fsp3) is 0.211. The number of benzene rings is 2. The van der Waals surface area contributed by atoms with Crippen molar-refractivity contribution in [2.45, 2.75) is 19.9 Å². The summed E-state index contributed by atoms with van der Waals surface area (Å²) in [6, 6.07) is 17.2. The molecule has 3 rings (SSSR count). The van der Waals surface area contributed by atoms with Crippen LogP contribution in [-0.4, -0.2) is 11.5 Å². The summed E-state index contributed by atoms with van der Waals surface area (Å²) < 4.78 is 0. The normalized spacial score (nSPS) is 10.9. The Morgan fingerprint density at radius 1 is 1.05 bits per heavy atom. The molecule has 0 atom stereocenters. The molecule has 1 heterocycles. The molecule has 0 bridgehead atoms. The van der Waals surface area contributed by atoms with Gasteiger partial charge in [-0.1, -0.05) is 48.0 Å². The molecule has 0 spiro atoms. The van der Waals surface area contributed by atoms with E-state index in [0.717, 1.165) is 19.5 Å². The van der Waals surface area contributed by atoms with Crippen LogP contribution in [0.5, 0.6) is 0 Å². The summed E-state index contributed by atoms with van der Waals surface area (Å²) in [5.74, 6) is 0. The zero-order valence-corrected chi connectivity index (χ0v) is 12.3. The van der Waals surface area contributed by atoms with Crippen molar-refractivity contribution >= 4 is 10.8 Å². The zero-order valence-electron chi connectivity index (χ0n) is 12.3. The molecule has 0 radical (unpaired) electrons. The van der Waals surface area contributed by atoms with Gasteiger partial charge in [0.2, 0.25) is 0 Å². The van der Waals surface area contributed by atoms with Gasteiger partial charge >= 0.3 is 0 Å². The molecule has 0 aliphatic heterocycles. The minimum atomic E-state index is 0.896. The molecule has 2 aromatic carbocycles. The molecule has 0 aliphatic rings. The molecule has 2 heteroatoms. The van der Waals surface area contributed by atoms with Crippen molar-refractivity contribution in [1.29, 1.82) is 0 Å². The van der Waals surface area contributed by atoms with Crippen molar-refractivity contribution in [3.05, 3.63) is 77.6 Å². The van der Waals surface area contributed by atoms with Crippen LogP contribution in [0.1, 0.15) is 16.7 Å². The van der Waals surface area contributed by atoms with Crippen LogP contribution in [0.2, 0.25) is 0 Å². The SMILES string of the molecule is Cc1cccc(CCNCc2cccc3cnccc23)c1. The Kier molecular flexibility index (Phi) is 4.27. The fourth-order valence-corrected chi connectivity index (χ4v) is 2.67. The molecule has 3 aromatic rings. The Morgan fingerprint density at radius 2 is 1.95 bits per heavy atom. The number of rotatable bonds is 5. The predicted octanol–water partition coefficient (Wildman–Crippen LogP) is 3.88. The Morgan fingerprint density at radius 3 is 2.86 bits per heavy atom. The number of nitrogens with one attached hydrogen (secondary N) is 1. The molecule has 0 fully saturated rings. The molecular weight excluding hydrogens is 256 g/mol. The van der Waals surface area contributed by atoms with E-state index in [1.807, 2.05) is 12.4 Å². The summed E-state index contributed by atoms with van der Waals surface area (Å²) in [4.78, 5) is 4.18. The smallest absolute Gasteiger partial charge is 0.0346 e. The van der Waals surface area contributed by atoms with E-state index in [4.69, 9.17) is 0 Å². The molecule has 0 saturated heterocycles. The molecule has 2 nitrogen and oxygen atoms in total. The second-order valence-corrected chi connectivity index (χ2v) is 5.43. The highest BCUT2D eigenvalue weighted by molar-refractivity contribution is 5.84. The van der Waals surface area contributed by atoms with Gasteiger partial charge in [-0.2, -0.15) is 0 Å². The van der Waals surface area contributed by atoms with Crippen LogP contribution in [0.4, 0.5) is 0 Å². The van der Waals surface area contributed by atoms with E-state index in [0.29, 0.717) is 0 Å². The van der Waals surface area contributed by atoms with Crippen LogP contribution in [0.15, 0.2) is 60.9 Å². The Bertz CT molecular complexity index is 729. The minimum Gasteiger partial charge on any atom is -0.312 e. The largest absolute Gasteiger partial charge is 0.312 e. The first kappa shape index (κ1) is 13.8. The molecule has 0 aliphatic carbocycles. The average molecular weight is 276 g/mol. The summed E-state index contributed by atoms with van der Waals surface area (Å²) >= 11 is 0. The van der Waals surface area contributed by atoms with Crippen molar-refractivity contribution in [2.75, 3.05) is 6.54 Å². The number of hydrogen-bond acceptors (Lipinski definition) is 2. The van der Waals surface area contributed by atoms with Gasteiger partial charge in [0.1, 0.15) is 0 Å². The van der Waals surface area contributed by atoms with Gasteiger partial charge in [-0.25, -0.2) is 0 Å². The van der Waals surface area contributed by atoms with Gasteiger partial charge in [-0.05, 0) is 42.5 Å². The highest BCUT2D eigenvalue weighted by Crippen LogP contribution is 2.17. The lowest BCUT2D eigenvalue weighted by molar-refractivity contribution is 0.689. The molecule has 1 N–H and O–H groups in total. The predicted molar refractivity (Wildman–Crippen MR) is 88.3 cm³/mol. The van der Waals surface area contributed by atoms with Gasteiger partial charge in [0.15, 0.2) is 0 Å². The molecule has 1 aromatic heterocycles. The van der Waals surface area contributed by atoms with E-state index in [1.165, 1.54) is 27.5 Å². The van der Waals surface area contributed by atoms with E-state index in [-0.39, 0.29) is 0 Å².